The van der Waals surface area contributed by atoms with Gasteiger partial charge in [0.2, 0.25) is 5.91 Å². The summed E-state index contributed by atoms with van der Waals surface area (Å²) < 4.78 is 5.73. The Kier molecular flexibility index (Phi) is 8.52. The second-order valence-electron chi connectivity index (χ2n) is 7.23. The molecule has 0 saturated carbocycles. The number of rotatable bonds is 9. The second-order valence-corrected chi connectivity index (χ2v) is 7.67. The largest absolute Gasteiger partial charge is 0.484 e. The summed E-state index contributed by atoms with van der Waals surface area (Å²) in [6.07, 6.45) is 0.830. The van der Waals surface area contributed by atoms with E-state index in [4.69, 9.17) is 16.3 Å². The van der Waals surface area contributed by atoms with Crippen LogP contribution in [-0.4, -0.2) is 35.9 Å². The van der Waals surface area contributed by atoms with E-state index in [1.165, 1.54) is 4.90 Å². The van der Waals surface area contributed by atoms with Crippen LogP contribution >= 0.6 is 11.6 Å². The Morgan fingerprint density at radius 2 is 1.83 bits per heavy atom. The lowest BCUT2D eigenvalue weighted by molar-refractivity contribution is -0.142. The molecular formula is C23H29ClN2O3. The van der Waals surface area contributed by atoms with Crippen molar-refractivity contribution in [1.29, 1.82) is 0 Å². The summed E-state index contributed by atoms with van der Waals surface area (Å²) in [4.78, 5) is 27.0. The molecule has 0 radical (unpaired) electrons. The molecule has 156 valence electrons. The molecule has 0 saturated heterocycles. The average Bonchev–Trinajstić information content (AvgIpc) is 2.67. The monoisotopic (exact) mass is 416 g/mol. The SMILES string of the molecule is CCCNC(=O)[C@H](C)N(Cc1cccc(Cl)c1)C(=O)COc1cc(C)cc(C)c1. The van der Waals surface area contributed by atoms with Gasteiger partial charge in [-0.2, -0.15) is 0 Å². The highest BCUT2D eigenvalue weighted by Crippen LogP contribution is 2.18. The fraction of sp³-hybridized carbons (Fsp3) is 0.391. The van der Waals surface area contributed by atoms with Crippen LogP contribution in [0.3, 0.4) is 0 Å². The molecule has 6 heteroatoms. The first kappa shape index (κ1) is 22.8. The number of benzene rings is 2. The molecule has 0 heterocycles. The molecule has 0 unspecified atom stereocenters. The van der Waals surface area contributed by atoms with E-state index in [9.17, 15) is 9.59 Å². The minimum Gasteiger partial charge on any atom is -0.484 e. The number of aryl methyl sites for hydroxylation is 2. The van der Waals surface area contributed by atoms with E-state index in [-0.39, 0.29) is 25.0 Å². The number of hydrogen-bond acceptors (Lipinski definition) is 3. The van der Waals surface area contributed by atoms with Crippen molar-refractivity contribution in [2.45, 2.75) is 46.7 Å². The number of carbonyl (C=O) groups is 2. The summed E-state index contributed by atoms with van der Waals surface area (Å²) in [5.74, 6) is 0.193. The maximum Gasteiger partial charge on any atom is 0.261 e. The molecule has 0 aromatic heterocycles. The predicted octanol–water partition coefficient (Wildman–Crippen LogP) is 4.28. The summed E-state index contributed by atoms with van der Waals surface area (Å²) in [7, 11) is 0. The number of amides is 2. The first-order chi connectivity index (χ1) is 13.8. The molecule has 29 heavy (non-hydrogen) atoms. The molecule has 0 spiro atoms. The quantitative estimate of drug-likeness (QED) is 0.663. The van der Waals surface area contributed by atoms with Crippen LogP contribution in [0, 0.1) is 13.8 Å². The fourth-order valence-corrected chi connectivity index (χ4v) is 3.27. The van der Waals surface area contributed by atoms with Crippen LogP contribution in [0.15, 0.2) is 42.5 Å². The zero-order valence-electron chi connectivity index (χ0n) is 17.5. The molecule has 1 N–H and O–H groups in total. The summed E-state index contributed by atoms with van der Waals surface area (Å²) in [5.41, 5.74) is 2.98. The van der Waals surface area contributed by atoms with Gasteiger partial charge in [-0.15, -0.1) is 0 Å². The maximum atomic E-state index is 13.0. The van der Waals surface area contributed by atoms with Gasteiger partial charge in [0.25, 0.3) is 5.91 Å². The van der Waals surface area contributed by atoms with Crippen molar-refractivity contribution in [3.63, 3.8) is 0 Å². The molecule has 0 aliphatic carbocycles. The molecule has 2 rings (SSSR count). The van der Waals surface area contributed by atoms with Gasteiger partial charge in [-0.3, -0.25) is 9.59 Å². The van der Waals surface area contributed by atoms with Crippen molar-refractivity contribution in [1.82, 2.24) is 10.2 Å². The predicted molar refractivity (Wildman–Crippen MR) is 116 cm³/mol. The minimum absolute atomic E-state index is 0.144. The highest BCUT2D eigenvalue weighted by Gasteiger charge is 2.26. The van der Waals surface area contributed by atoms with Crippen molar-refractivity contribution < 1.29 is 14.3 Å². The summed E-state index contributed by atoms with van der Waals surface area (Å²) in [5, 5.41) is 3.44. The third kappa shape index (κ3) is 7.09. The smallest absolute Gasteiger partial charge is 0.261 e. The van der Waals surface area contributed by atoms with Gasteiger partial charge in [0, 0.05) is 18.1 Å². The van der Waals surface area contributed by atoms with E-state index in [1.54, 1.807) is 19.1 Å². The number of nitrogens with one attached hydrogen (secondary N) is 1. The van der Waals surface area contributed by atoms with Crippen molar-refractivity contribution in [2.24, 2.45) is 0 Å². The maximum absolute atomic E-state index is 13.0. The molecule has 2 amide bonds. The van der Waals surface area contributed by atoms with Crippen molar-refractivity contribution in [3.8, 4) is 5.75 Å². The molecule has 2 aromatic rings. The lowest BCUT2D eigenvalue weighted by Gasteiger charge is -2.28. The fourth-order valence-electron chi connectivity index (χ4n) is 3.05. The van der Waals surface area contributed by atoms with E-state index in [1.807, 2.05) is 51.1 Å². The Balaban J connectivity index is 2.15. The van der Waals surface area contributed by atoms with E-state index in [2.05, 4.69) is 5.32 Å². The average molecular weight is 417 g/mol. The zero-order chi connectivity index (χ0) is 21.4. The van der Waals surface area contributed by atoms with Gasteiger partial charge in [-0.25, -0.2) is 0 Å². The topological polar surface area (TPSA) is 58.6 Å². The van der Waals surface area contributed by atoms with Gasteiger partial charge in [-0.05, 0) is 68.1 Å². The van der Waals surface area contributed by atoms with E-state index in [0.717, 1.165) is 23.1 Å². The summed E-state index contributed by atoms with van der Waals surface area (Å²) in [6.45, 7) is 8.37. The van der Waals surface area contributed by atoms with Gasteiger partial charge < -0.3 is 15.0 Å². The zero-order valence-corrected chi connectivity index (χ0v) is 18.3. The summed E-state index contributed by atoms with van der Waals surface area (Å²) >= 11 is 6.08. The molecule has 5 nitrogen and oxygen atoms in total. The molecule has 2 aromatic carbocycles. The Morgan fingerprint density at radius 1 is 1.14 bits per heavy atom. The van der Waals surface area contributed by atoms with Crippen LogP contribution in [0.1, 0.15) is 37.0 Å². The van der Waals surface area contributed by atoms with Crippen LogP contribution < -0.4 is 10.1 Å². The van der Waals surface area contributed by atoms with Gasteiger partial charge in [-0.1, -0.05) is 36.7 Å². The molecule has 0 aliphatic heterocycles. The molecule has 0 fully saturated rings. The lowest BCUT2D eigenvalue weighted by atomic mass is 10.1. The van der Waals surface area contributed by atoms with Gasteiger partial charge in [0.1, 0.15) is 11.8 Å². The minimum atomic E-state index is -0.629. The van der Waals surface area contributed by atoms with Crippen molar-refractivity contribution in [3.05, 3.63) is 64.2 Å². The lowest BCUT2D eigenvalue weighted by Crippen LogP contribution is -2.49. The van der Waals surface area contributed by atoms with Crippen LogP contribution in [-0.2, 0) is 16.1 Å². The highest BCUT2D eigenvalue weighted by molar-refractivity contribution is 6.30. The van der Waals surface area contributed by atoms with E-state index in [0.29, 0.717) is 17.3 Å². The normalized spacial score (nSPS) is 11.6. The summed E-state index contributed by atoms with van der Waals surface area (Å²) in [6, 6.07) is 12.5. The number of carbonyl (C=O) groups excluding carboxylic acids is 2. The first-order valence-electron chi connectivity index (χ1n) is 9.83. The van der Waals surface area contributed by atoms with Crippen molar-refractivity contribution in [2.75, 3.05) is 13.2 Å². The Bertz CT molecular complexity index is 834. The number of nitrogens with zero attached hydrogens (tertiary/aromatic N) is 1. The highest BCUT2D eigenvalue weighted by atomic mass is 35.5. The van der Waals surface area contributed by atoms with Crippen LogP contribution in [0.25, 0.3) is 0 Å². The van der Waals surface area contributed by atoms with Gasteiger partial charge >= 0.3 is 0 Å². The standard InChI is InChI=1S/C23H29ClN2O3/c1-5-9-25-23(28)18(4)26(14-19-7-6-8-20(24)13-19)22(27)15-29-21-11-16(2)10-17(3)12-21/h6-8,10-13,18H,5,9,14-15H2,1-4H3,(H,25,28)/t18-/m0/s1. The van der Waals surface area contributed by atoms with Gasteiger partial charge in [0.05, 0.1) is 0 Å². The van der Waals surface area contributed by atoms with Crippen LogP contribution in [0.5, 0.6) is 5.75 Å². The Hall–Kier alpha value is -2.53. The molecule has 0 bridgehead atoms. The van der Waals surface area contributed by atoms with Crippen LogP contribution in [0.4, 0.5) is 0 Å². The molecule has 0 aliphatic rings. The third-order valence-electron chi connectivity index (χ3n) is 4.52. The number of ether oxygens (including phenoxy) is 1. The molecular weight excluding hydrogens is 388 g/mol. The molecule has 1 atom stereocenters. The van der Waals surface area contributed by atoms with Crippen molar-refractivity contribution >= 4 is 23.4 Å². The number of halogens is 1. The van der Waals surface area contributed by atoms with E-state index < -0.39 is 6.04 Å². The second kappa shape index (κ2) is 10.9. The Labute approximate surface area is 178 Å². The Morgan fingerprint density at radius 3 is 2.45 bits per heavy atom. The number of hydrogen-bond donors (Lipinski definition) is 1. The van der Waals surface area contributed by atoms with E-state index >= 15 is 0 Å². The van der Waals surface area contributed by atoms with Crippen LogP contribution in [0.2, 0.25) is 5.02 Å². The first-order valence-corrected chi connectivity index (χ1v) is 10.2. The van der Waals surface area contributed by atoms with Gasteiger partial charge in [0.15, 0.2) is 6.61 Å². The third-order valence-corrected chi connectivity index (χ3v) is 4.75.